The van der Waals surface area contributed by atoms with Crippen molar-refractivity contribution in [2.24, 2.45) is 0 Å². The van der Waals surface area contributed by atoms with Crippen molar-refractivity contribution in [1.82, 2.24) is 20.0 Å². The fraction of sp³-hybridized carbons (Fsp3) is 0.302. The molecule has 0 bridgehead atoms. The number of anilines is 2. The van der Waals surface area contributed by atoms with Crippen LogP contribution in [0.2, 0.25) is 0 Å². The topological polar surface area (TPSA) is 206 Å². The van der Waals surface area contributed by atoms with Crippen molar-refractivity contribution in [3.63, 3.8) is 0 Å². The van der Waals surface area contributed by atoms with Gasteiger partial charge in [0.15, 0.2) is 15.4 Å². The lowest BCUT2D eigenvalue weighted by molar-refractivity contribution is -0.138. The maximum absolute atomic E-state index is 14.9. The maximum atomic E-state index is 14.9. The molecule has 62 heavy (non-hydrogen) atoms. The third kappa shape index (κ3) is 10.6. The number of carbonyl (C=O) groups excluding carboxylic acids is 3. The Morgan fingerprint density at radius 2 is 1.56 bits per heavy atom. The van der Waals surface area contributed by atoms with Gasteiger partial charge in [0.1, 0.15) is 5.82 Å². The van der Waals surface area contributed by atoms with Gasteiger partial charge in [-0.25, -0.2) is 17.9 Å². The third-order valence-corrected chi connectivity index (χ3v) is 12.3. The number of benzene rings is 4. The summed E-state index contributed by atoms with van der Waals surface area (Å²) in [5, 5.41) is 32.7. The largest absolute Gasteiger partial charge is 0.417 e. The molecule has 1 saturated heterocycles. The van der Waals surface area contributed by atoms with Gasteiger partial charge in [-0.1, -0.05) is 24.3 Å². The summed E-state index contributed by atoms with van der Waals surface area (Å²) in [6.07, 6.45) is -3.26. The molecular formula is C43H41F4N7O7S. The Morgan fingerprint density at radius 3 is 2.24 bits per heavy atom. The molecule has 0 aliphatic carbocycles. The summed E-state index contributed by atoms with van der Waals surface area (Å²) in [4.78, 5) is 54.3. The van der Waals surface area contributed by atoms with E-state index in [2.05, 4.69) is 20.8 Å². The second-order valence-corrected chi connectivity index (χ2v) is 17.0. The molecule has 1 aliphatic rings. The molecule has 1 unspecified atom stereocenters. The molecule has 0 spiro atoms. The quantitative estimate of drug-likeness (QED) is 0.0840. The van der Waals surface area contributed by atoms with Crippen LogP contribution in [0.15, 0.2) is 94.6 Å². The van der Waals surface area contributed by atoms with E-state index in [9.17, 15) is 50.3 Å². The number of sulfone groups is 1. The molecule has 2 heterocycles. The lowest BCUT2D eigenvalue weighted by Gasteiger charge is -2.35. The molecule has 0 saturated carbocycles. The summed E-state index contributed by atoms with van der Waals surface area (Å²) in [5.41, 5.74) is -3.55. The standard InChI is InChI=1S/C43H41F4N7O7S/c1-42(59,41(58)50-30-11-10-28(25-48)35(24-30)43(45,46)47)26-62(60,61)31-14-12-29(13-15-31)49-17-5-4-8-38(55)53-18-20-54(21-19-53)40(57)34-22-27(9-16-36(34)44)23-37-32-6-2-3-7-33(32)39(56)52-51-37/h2-3,6-7,9-16,22,24,49,59H,4-5,8,17-21,23,26H2,1H3,(H,50,58)(H,52,56). The maximum Gasteiger partial charge on any atom is 0.417 e. The van der Waals surface area contributed by atoms with E-state index in [4.69, 9.17) is 5.26 Å². The van der Waals surface area contributed by atoms with E-state index in [1.54, 1.807) is 35.2 Å². The first kappa shape index (κ1) is 44.9. The van der Waals surface area contributed by atoms with Crippen LogP contribution in [0.5, 0.6) is 0 Å². The number of hydrogen-bond acceptors (Lipinski definition) is 10. The highest BCUT2D eigenvalue weighted by Crippen LogP contribution is 2.34. The first-order valence-corrected chi connectivity index (χ1v) is 21.0. The number of amides is 3. The van der Waals surface area contributed by atoms with Gasteiger partial charge in [-0.2, -0.15) is 23.5 Å². The number of aromatic amines is 1. The summed E-state index contributed by atoms with van der Waals surface area (Å²) in [6.45, 7) is 2.38. The van der Waals surface area contributed by atoms with Crippen molar-refractivity contribution in [3.8, 4) is 6.07 Å². The fourth-order valence-corrected chi connectivity index (χ4v) is 8.57. The Labute approximate surface area is 353 Å². The molecule has 1 atom stereocenters. The van der Waals surface area contributed by atoms with Gasteiger partial charge in [0.05, 0.1) is 44.5 Å². The number of carbonyl (C=O) groups is 3. The lowest BCUT2D eigenvalue weighted by atomic mass is 10.0. The van der Waals surface area contributed by atoms with Gasteiger partial charge in [0, 0.05) is 62.3 Å². The SMILES string of the molecule is CC(O)(CS(=O)(=O)c1ccc(NCCCCC(=O)N2CCN(C(=O)c3cc(Cc4n[nH]c(=O)c5ccccc45)ccc3F)CC2)cc1)C(=O)Nc1ccc(C#N)c(C(F)(F)F)c1. The number of nitriles is 1. The zero-order valence-corrected chi connectivity index (χ0v) is 34.1. The minimum absolute atomic E-state index is 0.0898. The van der Waals surface area contributed by atoms with E-state index in [0.717, 1.165) is 19.1 Å². The fourth-order valence-electron chi connectivity index (χ4n) is 6.99. The first-order chi connectivity index (χ1) is 29.4. The molecule has 5 aromatic rings. The zero-order valence-electron chi connectivity index (χ0n) is 33.3. The molecule has 4 aromatic carbocycles. The smallest absolute Gasteiger partial charge is 0.385 e. The summed E-state index contributed by atoms with van der Waals surface area (Å²) in [7, 11) is -4.26. The predicted molar refractivity (Wildman–Crippen MR) is 220 cm³/mol. The van der Waals surface area contributed by atoms with Crippen molar-refractivity contribution in [1.29, 1.82) is 5.26 Å². The van der Waals surface area contributed by atoms with Crippen LogP contribution in [0, 0.1) is 17.1 Å². The van der Waals surface area contributed by atoms with Crippen LogP contribution in [-0.4, -0.2) is 95.3 Å². The molecule has 1 aliphatic heterocycles. The van der Waals surface area contributed by atoms with Crippen molar-refractivity contribution in [2.75, 3.05) is 49.1 Å². The number of aromatic nitrogens is 2. The number of nitrogens with zero attached hydrogens (tertiary/aromatic N) is 4. The first-order valence-electron chi connectivity index (χ1n) is 19.4. The average molecular weight is 876 g/mol. The highest BCUT2D eigenvalue weighted by atomic mass is 32.2. The number of hydrogen-bond donors (Lipinski definition) is 4. The van der Waals surface area contributed by atoms with Gasteiger partial charge < -0.3 is 25.5 Å². The number of nitrogens with one attached hydrogen (secondary N) is 3. The van der Waals surface area contributed by atoms with Crippen LogP contribution in [0.1, 0.15) is 58.9 Å². The Balaban J connectivity index is 0.926. The highest BCUT2D eigenvalue weighted by molar-refractivity contribution is 7.91. The summed E-state index contributed by atoms with van der Waals surface area (Å²) < 4.78 is 81.1. The van der Waals surface area contributed by atoms with Crippen LogP contribution >= 0.6 is 0 Å². The van der Waals surface area contributed by atoms with E-state index in [1.807, 2.05) is 0 Å². The number of aliphatic hydroxyl groups is 1. The minimum Gasteiger partial charge on any atom is -0.385 e. The van der Waals surface area contributed by atoms with E-state index in [0.29, 0.717) is 53.2 Å². The third-order valence-electron chi connectivity index (χ3n) is 10.4. The van der Waals surface area contributed by atoms with Gasteiger partial charge in [0.25, 0.3) is 17.4 Å². The number of fused-ring (bicyclic) bond motifs is 1. The molecule has 3 amide bonds. The van der Waals surface area contributed by atoms with Crippen LogP contribution in [-0.2, 0) is 32.0 Å². The molecular weight excluding hydrogens is 835 g/mol. The van der Waals surface area contributed by atoms with Gasteiger partial charge in [-0.3, -0.25) is 19.2 Å². The van der Waals surface area contributed by atoms with E-state index >= 15 is 0 Å². The van der Waals surface area contributed by atoms with E-state index < -0.39 is 61.8 Å². The molecule has 1 aromatic heterocycles. The molecule has 6 rings (SSSR count). The summed E-state index contributed by atoms with van der Waals surface area (Å²) in [6, 6.07) is 20.6. The molecule has 0 radical (unpaired) electrons. The second-order valence-electron chi connectivity index (χ2n) is 15.0. The Hall–Kier alpha value is -6.65. The molecule has 324 valence electrons. The van der Waals surface area contributed by atoms with Gasteiger partial charge in [-0.15, -0.1) is 0 Å². The number of halogens is 4. The highest BCUT2D eigenvalue weighted by Gasteiger charge is 2.38. The Morgan fingerprint density at radius 1 is 0.903 bits per heavy atom. The van der Waals surface area contributed by atoms with Gasteiger partial charge in [0.2, 0.25) is 5.91 Å². The molecule has 4 N–H and O–H groups in total. The van der Waals surface area contributed by atoms with Crippen LogP contribution in [0.3, 0.4) is 0 Å². The Bertz CT molecular complexity index is 2710. The molecule has 14 nitrogen and oxygen atoms in total. The van der Waals surface area contributed by atoms with Crippen molar-refractivity contribution in [3.05, 3.63) is 129 Å². The van der Waals surface area contributed by atoms with Crippen LogP contribution in [0.4, 0.5) is 28.9 Å². The number of H-pyrrole nitrogens is 1. The number of alkyl halides is 3. The van der Waals surface area contributed by atoms with Crippen LogP contribution in [0.25, 0.3) is 10.8 Å². The molecule has 19 heteroatoms. The Kier molecular flexibility index (Phi) is 13.4. The summed E-state index contributed by atoms with van der Waals surface area (Å²) in [5.74, 6) is -3.60. The number of rotatable bonds is 14. The lowest BCUT2D eigenvalue weighted by Crippen LogP contribution is -2.50. The summed E-state index contributed by atoms with van der Waals surface area (Å²) >= 11 is 0. The van der Waals surface area contributed by atoms with Crippen molar-refractivity contribution in [2.45, 2.75) is 49.3 Å². The molecule has 1 fully saturated rings. The van der Waals surface area contributed by atoms with E-state index in [1.165, 1.54) is 47.4 Å². The van der Waals surface area contributed by atoms with E-state index in [-0.39, 0.29) is 60.9 Å². The zero-order chi connectivity index (χ0) is 44.8. The average Bonchev–Trinajstić information content (AvgIpc) is 3.24. The normalized spacial score (nSPS) is 14.2. The van der Waals surface area contributed by atoms with Gasteiger partial charge >= 0.3 is 6.18 Å². The van der Waals surface area contributed by atoms with Crippen molar-refractivity contribution < 1.29 is 45.5 Å². The van der Waals surface area contributed by atoms with Gasteiger partial charge in [-0.05, 0) is 86.0 Å². The second kappa shape index (κ2) is 18.5. The number of unbranched alkanes of at least 4 members (excludes halogenated alkanes) is 1. The van der Waals surface area contributed by atoms with Crippen LogP contribution < -0.4 is 16.2 Å². The monoisotopic (exact) mass is 875 g/mol. The van der Waals surface area contributed by atoms with Crippen molar-refractivity contribution >= 4 is 49.7 Å². The predicted octanol–water partition coefficient (Wildman–Crippen LogP) is 5.27. The number of piperazine rings is 1. The minimum atomic E-state index is -4.90.